The highest BCUT2D eigenvalue weighted by molar-refractivity contribution is 5.83. The first-order valence-electron chi connectivity index (χ1n) is 13.1. The maximum Gasteiger partial charge on any atom is 0.114 e. The van der Waals surface area contributed by atoms with Gasteiger partial charge < -0.3 is 9.30 Å². The zero-order chi connectivity index (χ0) is 25.0. The minimum Gasteiger partial charge on any atom is -0.379 e. The van der Waals surface area contributed by atoms with E-state index in [0.717, 1.165) is 56.1 Å². The zero-order valence-corrected chi connectivity index (χ0v) is 21.3. The molecule has 6 rings (SSSR count). The van der Waals surface area contributed by atoms with Gasteiger partial charge in [-0.1, -0.05) is 54.6 Å². The molecule has 5 nitrogen and oxygen atoms in total. The highest BCUT2D eigenvalue weighted by atomic mass is 16.5. The number of aromatic nitrogens is 3. The van der Waals surface area contributed by atoms with Crippen molar-refractivity contribution in [3.8, 4) is 11.1 Å². The van der Waals surface area contributed by atoms with E-state index in [2.05, 4.69) is 106 Å². The largest absolute Gasteiger partial charge is 0.379 e. The molecule has 0 aliphatic carbocycles. The van der Waals surface area contributed by atoms with Crippen LogP contribution in [0.15, 0.2) is 97.3 Å². The number of imidazole rings is 1. The average Bonchev–Trinajstić information content (AvgIpc) is 3.31. The summed E-state index contributed by atoms with van der Waals surface area (Å²) in [6, 6.07) is 30.6. The second-order valence-corrected chi connectivity index (χ2v) is 9.81. The van der Waals surface area contributed by atoms with Gasteiger partial charge in [-0.05, 0) is 65.1 Å². The fourth-order valence-electron chi connectivity index (χ4n) is 5.31. The van der Waals surface area contributed by atoms with Gasteiger partial charge in [0, 0.05) is 38.4 Å². The van der Waals surface area contributed by atoms with Crippen LogP contribution in [0.2, 0.25) is 0 Å². The maximum absolute atomic E-state index is 5.52. The summed E-state index contributed by atoms with van der Waals surface area (Å²) in [5, 5.41) is 0. The van der Waals surface area contributed by atoms with Gasteiger partial charge >= 0.3 is 0 Å². The van der Waals surface area contributed by atoms with E-state index in [-0.39, 0.29) is 6.04 Å². The van der Waals surface area contributed by atoms with Crippen LogP contribution in [0.25, 0.3) is 22.2 Å². The normalized spacial score (nSPS) is 15.2. The van der Waals surface area contributed by atoms with Crippen molar-refractivity contribution in [2.75, 3.05) is 26.3 Å². The van der Waals surface area contributed by atoms with Crippen molar-refractivity contribution in [2.45, 2.75) is 25.9 Å². The monoisotopic (exact) mass is 488 g/mol. The molecule has 0 radical (unpaired) electrons. The van der Waals surface area contributed by atoms with Gasteiger partial charge in [0.1, 0.15) is 5.82 Å². The number of rotatable bonds is 7. The quantitative estimate of drug-likeness (QED) is 0.276. The van der Waals surface area contributed by atoms with Crippen LogP contribution in [0.4, 0.5) is 0 Å². The molecule has 1 aliphatic rings. The highest BCUT2D eigenvalue weighted by Gasteiger charge is 2.19. The second-order valence-electron chi connectivity index (χ2n) is 9.81. The Kier molecular flexibility index (Phi) is 6.80. The lowest BCUT2D eigenvalue weighted by Crippen LogP contribution is -2.35. The Morgan fingerprint density at radius 1 is 0.811 bits per heavy atom. The third-order valence-corrected chi connectivity index (χ3v) is 7.31. The van der Waals surface area contributed by atoms with E-state index in [4.69, 9.17) is 9.72 Å². The molecule has 0 N–H and O–H groups in total. The molecule has 3 heterocycles. The van der Waals surface area contributed by atoms with E-state index in [0.29, 0.717) is 0 Å². The Hall–Kier alpha value is -3.80. The predicted octanol–water partition coefficient (Wildman–Crippen LogP) is 6.13. The number of fused-ring (bicyclic) bond motifs is 1. The first-order valence-corrected chi connectivity index (χ1v) is 13.1. The summed E-state index contributed by atoms with van der Waals surface area (Å²) in [5.74, 6) is 1.07. The van der Waals surface area contributed by atoms with Crippen molar-refractivity contribution in [3.63, 3.8) is 0 Å². The lowest BCUT2D eigenvalue weighted by atomic mass is 10.0. The Morgan fingerprint density at radius 2 is 1.59 bits per heavy atom. The molecule has 186 valence electrons. The minimum atomic E-state index is 0.158. The molecule has 1 aliphatic heterocycles. The zero-order valence-electron chi connectivity index (χ0n) is 21.3. The summed E-state index contributed by atoms with van der Waals surface area (Å²) in [6.45, 7) is 6.85. The summed E-state index contributed by atoms with van der Waals surface area (Å²) in [7, 11) is 0. The van der Waals surface area contributed by atoms with E-state index in [1.807, 2.05) is 12.4 Å². The van der Waals surface area contributed by atoms with E-state index < -0.39 is 0 Å². The molecule has 1 unspecified atom stereocenters. The summed E-state index contributed by atoms with van der Waals surface area (Å²) in [5.41, 5.74) is 8.47. The minimum absolute atomic E-state index is 0.158. The number of nitrogens with zero attached hydrogens (tertiary/aromatic N) is 4. The first kappa shape index (κ1) is 23.6. The summed E-state index contributed by atoms with van der Waals surface area (Å²) in [6.07, 6.45) is 4.47. The van der Waals surface area contributed by atoms with Gasteiger partial charge in [0.25, 0.3) is 0 Å². The topological polar surface area (TPSA) is 43.2 Å². The van der Waals surface area contributed by atoms with Crippen LogP contribution in [0, 0.1) is 0 Å². The molecule has 0 amide bonds. The fourth-order valence-corrected chi connectivity index (χ4v) is 5.31. The molecule has 37 heavy (non-hydrogen) atoms. The van der Waals surface area contributed by atoms with Crippen LogP contribution in [0.3, 0.4) is 0 Å². The van der Waals surface area contributed by atoms with Gasteiger partial charge in [-0.15, -0.1) is 0 Å². The van der Waals surface area contributed by atoms with Crippen molar-refractivity contribution in [2.24, 2.45) is 0 Å². The van der Waals surface area contributed by atoms with Crippen molar-refractivity contribution >= 4 is 11.0 Å². The smallest absolute Gasteiger partial charge is 0.114 e. The predicted molar refractivity (Wildman–Crippen MR) is 149 cm³/mol. The van der Waals surface area contributed by atoms with Crippen LogP contribution in [-0.2, 0) is 17.7 Å². The molecule has 1 fully saturated rings. The van der Waals surface area contributed by atoms with Crippen LogP contribution in [0.1, 0.15) is 35.5 Å². The van der Waals surface area contributed by atoms with Crippen molar-refractivity contribution in [3.05, 3.63) is 120 Å². The van der Waals surface area contributed by atoms with E-state index in [1.165, 1.54) is 27.8 Å². The Bertz CT molecular complexity index is 1470. The highest BCUT2D eigenvalue weighted by Crippen LogP contribution is 2.31. The summed E-state index contributed by atoms with van der Waals surface area (Å²) >= 11 is 0. The number of benzene rings is 3. The van der Waals surface area contributed by atoms with Crippen LogP contribution < -0.4 is 0 Å². The van der Waals surface area contributed by atoms with E-state index in [1.54, 1.807) is 0 Å². The van der Waals surface area contributed by atoms with Gasteiger partial charge in [0.2, 0.25) is 0 Å². The average molecular weight is 489 g/mol. The van der Waals surface area contributed by atoms with Crippen molar-refractivity contribution in [1.29, 1.82) is 0 Å². The van der Waals surface area contributed by atoms with Crippen molar-refractivity contribution in [1.82, 2.24) is 19.4 Å². The first-order chi connectivity index (χ1) is 18.2. The van der Waals surface area contributed by atoms with Gasteiger partial charge in [-0.2, -0.15) is 0 Å². The second kappa shape index (κ2) is 10.7. The molecule has 5 heteroatoms. The summed E-state index contributed by atoms with van der Waals surface area (Å²) < 4.78 is 7.93. The number of pyridine rings is 1. The maximum atomic E-state index is 5.52. The third kappa shape index (κ3) is 5.19. The Labute approximate surface area is 218 Å². The fraction of sp³-hybridized carbons (Fsp3) is 0.250. The summed E-state index contributed by atoms with van der Waals surface area (Å²) in [4.78, 5) is 11.8. The molecule has 0 bridgehead atoms. The SMILES string of the molecule is CC(c1ccccc1)n1c(Cc2ccncc2)nc2ccc(-c3cccc(CN4CCOCC4)c3)cc21. The molecule has 1 saturated heterocycles. The molecule has 5 aromatic rings. The molecule has 0 spiro atoms. The molecule has 3 aromatic carbocycles. The van der Waals surface area contributed by atoms with Gasteiger partial charge in [0.15, 0.2) is 0 Å². The standard InChI is InChI=1S/C32H32N4O/c1-24(27-7-3-2-4-8-27)36-31-22-29(10-11-30(31)34-32(36)21-25-12-14-33-15-13-25)28-9-5-6-26(20-28)23-35-16-18-37-19-17-35/h2-15,20,22,24H,16-19,21,23H2,1H3. The van der Waals surface area contributed by atoms with E-state index >= 15 is 0 Å². The molecular weight excluding hydrogens is 456 g/mol. The van der Waals surface area contributed by atoms with Crippen molar-refractivity contribution < 1.29 is 4.74 Å². The molecular formula is C32H32N4O. The van der Waals surface area contributed by atoms with Crippen LogP contribution >= 0.6 is 0 Å². The number of hydrogen-bond acceptors (Lipinski definition) is 4. The Balaban J connectivity index is 1.40. The number of ether oxygens (including phenoxy) is 1. The van der Waals surface area contributed by atoms with Crippen LogP contribution in [0.5, 0.6) is 0 Å². The van der Waals surface area contributed by atoms with Gasteiger partial charge in [-0.3, -0.25) is 9.88 Å². The lowest BCUT2D eigenvalue weighted by molar-refractivity contribution is 0.0342. The third-order valence-electron chi connectivity index (χ3n) is 7.31. The van der Waals surface area contributed by atoms with Gasteiger partial charge in [0.05, 0.1) is 30.3 Å². The lowest BCUT2D eigenvalue weighted by Gasteiger charge is -2.26. The molecule has 2 aromatic heterocycles. The van der Waals surface area contributed by atoms with Gasteiger partial charge in [-0.25, -0.2) is 4.98 Å². The Morgan fingerprint density at radius 3 is 2.41 bits per heavy atom. The number of morpholine rings is 1. The number of hydrogen-bond donors (Lipinski definition) is 0. The van der Waals surface area contributed by atoms with Crippen LogP contribution in [-0.4, -0.2) is 45.7 Å². The molecule has 1 atom stereocenters. The van der Waals surface area contributed by atoms with E-state index in [9.17, 15) is 0 Å². The molecule has 0 saturated carbocycles.